The fourth-order valence-corrected chi connectivity index (χ4v) is 10.8. The van der Waals surface area contributed by atoms with Crippen molar-refractivity contribution in [3.63, 3.8) is 0 Å². The molecule has 4 aliphatic heterocycles. The zero-order valence-corrected chi connectivity index (χ0v) is 53.8. The molecule has 36 heteroatoms. The molecule has 4 aromatic carbocycles. The Morgan fingerprint density at radius 2 is 0.686 bits per heavy atom. The summed E-state index contributed by atoms with van der Waals surface area (Å²) < 4.78 is 0. The van der Waals surface area contributed by atoms with Gasteiger partial charge in [-0.25, -0.2) is 0 Å². The summed E-state index contributed by atoms with van der Waals surface area (Å²) in [4.78, 5) is 203. The quantitative estimate of drug-likeness (QED) is 0.0259. The summed E-state index contributed by atoms with van der Waals surface area (Å²) >= 11 is 0. The van der Waals surface area contributed by atoms with Gasteiger partial charge >= 0.3 is 0 Å². The molecule has 0 saturated heterocycles. The van der Waals surface area contributed by atoms with Crippen molar-refractivity contribution in [3.8, 4) is 0 Å². The van der Waals surface area contributed by atoms with Crippen molar-refractivity contribution in [2.24, 2.45) is 0 Å². The van der Waals surface area contributed by atoms with Crippen LogP contribution in [0.3, 0.4) is 0 Å². The highest BCUT2D eigenvalue weighted by molar-refractivity contribution is 6.23. The molecule has 102 heavy (non-hydrogen) atoms. The number of Topliss-reactive ketones (excluding diaryl/α,β-unsaturated/α-hetero) is 4. The van der Waals surface area contributed by atoms with E-state index in [0.717, 1.165) is 24.3 Å². The van der Waals surface area contributed by atoms with Crippen LogP contribution in [0.1, 0.15) is 117 Å². The average Bonchev–Trinajstić information content (AvgIpc) is 1.59. The number of hydrogen-bond acceptors (Lipinski definition) is 24. The average molecular weight is 1390 g/mol. The molecule has 0 spiro atoms. The van der Waals surface area contributed by atoms with Gasteiger partial charge in [-0.3, -0.25) is 118 Å². The van der Waals surface area contributed by atoms with Gasteiger partial charge < -0.3 is 42.5 Å². The highest BCUT2D eigenvalue weighted by atomic mass is 16.6. The van der Waals surface area contributed by atoms with Gasteiger partial charge in [-0.1, -0.05) is 0 Å². The van der Waals surface area contributed by atoms with Crippen LogP contribution in [0.25, 0.3) is 0 Å². The Morgan fingerprint density at radius 3 is 0.961 bits per heavy atom. The van der Waals surface area contributed by atoms with Crippen LogP contribution >= 0.6 is 0 Å². The van der Waals surface area contributed by atoms with Crippen LogP contribution in [0.2, 0.25) is 0 Å². The second-order valence-corrected chi connectivity index (χ2v) is 22.9. The molecule has 8 heterocycles. The van der Waals surface area contributed by atoms with Crippen LogP contribution in [0.15, 0.2) is 147 Å². The largest absolute Gasteiger partial charge is 0.325 e. The molecule has 0 radical (unpaired) electrons. The van der Waals surface area contributed by atoms with Gasteiger partial charge in [0.05, 0.1) is 30.8 Å². The molecular formula is C66H52N16O20. The molecule has 8 aromatic rings. The molecule has 0 fully saturated rings. The van der Waals surface area contributed by atoms with Crippen LogP contribution in [-0.2, 0) is 49.2 Å². The molecule has 516 valence electrons. The molecule has 12 rings (SSSR count). The number of nitrogens with zero attached hydrogens (tertiary/aromatic N) is 8. The number of hydrogen-bond donors (Lipinski definition) is 8. The summed E-state index contributed by atoms with van der Waals surface area (Å²) in [6.45, 7) is 7.80. The van der Waals surface area contributed by atoms with Crippen LogP contribution < -0.4 is 42.5 Å². The number of carbonyl (C=O) groups excluding carboxylic acids is 12. The highest BCUT2D eigenvalue weighted by Crippen LogP contribution is 2.47. The normalized spacial score (nSPS) is 16.6. The second-order valence-electron chi connectivity index (χ2n) is 22.9. The second kappa shape index (κ2) is 29.1. The van der Waals surface area contributed by atoms with E-state index in [0.29, 0.717) is 0 Å². The maximum atomic E-state index is 12.3. The topological polar surface area (TPSA) is 525 Å². The number of nitro benzene ring substituents is 4. The van der Waals surface area contributed by atoms with Crippen LogP contribution in [0, 0.1) is 40.5 Å². The van der Waals surface area contributed by atoms with Crippen LogP contribution in [-0.4, -0.2) is 110 Å². The lowest BCUT2D eigenvalue weighted by molar-refractivity contribution is -0.384. The molecule has 0 bridgehead atoms. The number of aromatic nitrogens is 4. The Bertz CT molecular complexity index is 4660. The molecule has 8 amide bonds. The highest BCUT2D eigenvalue weighted by Gasteiger charge is 2.50. The van der Waals surface area contributed by atoms with E-state index in [1.54, 1.807) is 12.1 Å². The molecule has 8 N–H and O–H groups in total. The van der Waals surface area contributed by atoms with Gasteiger partial charge in [-0.15, -0.1) is 0 Å². The SMILES string of the molecule is CC(=O)C1(C)C(=O)Nc2cc(NC(=O)c3cccnc3)c([N+](=O)[O-])cc21.CC(=O)C1(C)C(=O)Nc2cc(NC(=O)c3ccncc3)c([N+](=O)[O-])cc21.CC(=O)C1C(=O)Nc2cc(NC(=O)c3cccnc3)c([N+](=O)[O-])cc21.CC(=O)C1C(=O)Nc2cc(NC(=O)c3ccncc3)c([N+](=O)[O-])cc21. The number of anilines is 8. The third-order valence-corrected chi connectivity index (χ3v) is 16.5. The first-order chi connectivity index (χ1) is 48.3. The van der Waals surface area contributed by atoms with Crippen LogP contribution in [0.5, 0.6) is 0 Å². The maximum absolute atomic E-state index is 12.3. The zero-order valence-electron chi connectivity index (χ0n) is 53.8. The lowest BCUT2D eigenvalue weighted by Crippen LogP contribution is -2.37. The van der Waals surface area contributed by atoms with Gasteiger partial charge in [0.2, 0.25) is 23.6 Å². The molecule has 4 unspecified atom stereocenters. The summed E-state index contributed by atoms with van der Waals surface area (Å²) in [7, 11) is 0. The lowest BCUT2D eigenvalue weighted by Gasteiger charge is -2.18. The summed E-state index contributed by atoms with van der Waals surface area (Å²) in [6.07, 6.45) is 11.3. The summed E-state index contributed by atoms with van der Waals surface area (Å²) in [5.41, 5.74) is -2.06. The Kier molecular flexibility index (Phi) is 20.5. The van der Waals surface area contributed by atoms with Gasteiger partial charge in [0.15, 0.2) is 0 Å². The number of carbonyl (C=O) groups is 12. The van der Waals surface area contributed by atoms with Crippen molar-refractivity contribution in [1.29, 1.82) is 0 Å². The Balaban J connectivity index is 0.000000158. The number of ketones is 4. The standard InChI is InChI=1S/2C17H14N4O5.2C16H12N4O5/c1-9(22)17(2)11-7-14(21(25)26)13(8-12(11)20-16(17)24)19-15(23)10-3-5-18-6-4-10;1-9(22)17(2)11-6-14(21(25)26)13(7-12(11)20-16(17)24)19-15(23)10-4-3-5-18-8-10;1-8(21)14-10-6-13(20(24)25)12(7-11(10)18-16(14)23)19-15(22)9-2-4-17-5-3-9;1-8(21)14-10-5-13(20(24)25)12(6-11(10)18-16(14)23)19-15(22)9-3-2-4-17-7-9/h2*3-8H,1-2H3,(H,19,23)(H,20,24);2*2-7,14H,1H3,(H,18,23)(H,19,22). The Labute approximate surface area is 572 Å². The smallest absolute Gasteiger partial charge is 0.293 e. The van der Waals surface area contributed by atoms with E-state index >= 15 is 0 Å². The fourth-order valence-electron chi connectivity index (χ4n) is 10.8. The minimum Gasteiger partial charge on any atom is -0.325 e. The molecule has 0 saturated carbocycles. The van der Waals surface area contributed by atoms with Gasteiger partial charge in [0.25, 0.3) is 46.4 Å². The first-order valence-electron chi connectivity index (χ1n) is 29.7. The molecule has 4 aliphatic rings. The third-order valence-electron chi connectivity index (χ3n) is 16.5. The number of fused-ring (bicyclic) bond motifs is 4. The summed E-state index contributed by atoms with van der Waals surface area (Å²) in [5, 5.41) is 65.5. The van der Waals surface area contributed by atoms with Gasteiger partial charge in [-0.05, 0) is 114 Å². The van der Waals surface area contributed by atoms with Gasteiger partial charge in [0.1, 0.15) is 68.5 Å². The first kappa shape index (κ1) is 71.8. The summed E-state index contributed by atoms with van der Waals surface area (Å²) in [5.74, 6) is -8.38. The number of nitrogens with one attached hydrogen (secondary N) is 8. The lowest BCUT2D eigenvalue weighted by atomic mass is 9.80. The van der Waals surface area contributed by atoms with E-state index in [9.17, 15) is 98.0 Å². The van der Waals surface area contributed by atoms with Gasteiger partial charge in [-0.2, -0.15) is 0 Å². The van der Waals surface area contributed by atoms with Crippen molar-refractivity contribution in [1.82, 2.24) is 19.9 Å². The maximum Gasteiger partial charge on any atom is 0.293 e. The minimum atomic E-state index is -1.51. The Hall–Kier alpha value is -14.5. The van der Waals surface area contributed by atoms with E-state index in [1.807, 2.05) is 0 Å². The number of benzene rings is 4. The molecule has 36 nitrogen and oxygen atoms in total. The van der Waals surface area contributed by atoms with E-state index < -0.39 is 135 Å². The minimum absolute atomic E-state index is 0.0740. The summed E-state index contributed by atoms with van der Waals surface area (Å²) in [6, 6.07) is 21.7. The Morgan fingerprint density at radius 1 is 0.392 bits per heavy atom. The molecule has 0 aliphatic carbocycles. The van der Waals surface area contributed by atoms with Gasteiger partial charge in [0, 0.05) is 130 Å². The predicted molar refractivity (Wildman–Crippen MR) is 359 cm³/mol. The first-order valence-corrected chi connectivity index (χ1v) is 29.7. The molecule has 4 atom stereocenters. The molecule has 4 aromatic heterocycles. The number of amides is 8. The third kappa shape index (κ3) is 14.5. The van der Waals surface area contributed by atoms with Crippen molar-refractivity contribution in [2.75, 3.05) is 42.5 Å². The fraction of sp³-hybridized carbons (Fsp3) is 0.152. The van der Waals surface area contributed by atoms with E-state index in [2.05, 4.69) is 62.5 Å². The zero-order chi connectivity index (χ0) is 74.4. The van der Waals surface area contributed by atoms with Crippen molar-refractivity contribution < 1.29 is 77.2 Å². The van der Waals surface area contributed by atoms with E-state index in [1.165, 1.54) is 152 Å². The number of pyridine rings is 4. The van der Waals surface area contributed by atoms with Crippen molar-refractivity contribution in [3.05, 3.63) is 232 Å². The predicted octanol–water partition coefficient (Wildman–Crippen LogP) is 7.82. The van der Waals surface area contributed by atoms with E-state index in [4.69, 9.17) is 0 Å². The van der Waals surface area contributed by atoms with E-state index in [-0.39, 0.29) is 90.0 Å². The van der Waals surface area contributed by atoms with Crippen molar-refractivity contribution >= 4 is 139 Å². The monoisotopic (exact) mass is 1390 g/mol. The van der Waals surface area contributed by atoms with Crippen LogP contribution in [0.4, 0.5) is 68.2 Å². The van der Waals surface area contributed by atoms with Crippen molar-refractivity contribution in [2.45, 2.75) is 64.2 Å². The number of nitro groups is 4. The number of rotatable bonds is 16. The molecular weight excluding hydrogens is 1340 g/mol.